The average Bonchev–Trinajstić information content (AvgIpc) is 2.66. The van der Waals surface area contributed by atoms with Crippen LogP contribution in [-0.2, 0) is 14.4 Å². The number of ketones is 1. The molecule has 0 saturated carbocycles. The molecule has 136 valence electrons. The number of anilines is 1. The number of methoxy groups -OCH3 is 1. The van der Waals surface area contributed by atoms with Crippen molar-refractivity contribution in [3.63, 3.8) is 0 Å². The highest BCUT2D eigenvalue weighted by Gasteiger charge is 2.23. The smallest absolute Gasteiger partial charge is 0.287 e. The third kappa shape index (κ3) is 4.95. The number of para-hydroxylation sites is 2. The van der Waals surface area contributed by atoms with Crippen LogP contribution in [0.1, 0.15) is 19.8 Å². The Hall–Kier alpha value is -2.57. The molecule has 1 heterocycles. The minimum absolute atomic E-state index is 0.136. The van der Waals surface area contributed by atoms with Crippen LogP contribution >= 0.6 is 0 Å². The monoisotopic (exact) mass is 347 g/mol. The highest BCUT2D eigenvalue weighted by Crippen LogP contribution is 2.28. The molecule has 2 amide bonds. The van der Waals surface area contributed by atoms with Crippen molar-refractivity contribution >= 4 is 23.3 Å². The Labute approximate surface area is 147 Å². The number of carbonyl (C=O) groups excluding carboxylic acids is 3. The molecule has 0 spiro atoms. The number of benzene rings is 1. The largest absolute Gasteiger partial charge is 0.495 e. The molecule has 25 heavy (non-hydrogen) atoms. The van der Waals surface area contributed by atoms with E-state index in [4.69, 9.17) is 4.74 Å². The highest BCUT2D eigenvalue weighted by atomic mass is 16.5. The summed E-state index contributed by atoms with van der Waals surface area (Å²) in [4.78, 5) is 39.1. The van der Waals surface area contributed by atoms with E-state index in [1.54, 1.807) is 12.0 Å². The van der Waals surface area contributed by atoms with Crippen molar-refractivity contribution in [2.45, 2.75) is 19.8 Å². The summed E-state index contributed by atoms with van der Waals surface area (Å²) in [5.74, 6) is -0.513. The van der Waals surface area contributed by atoms with Gasteiger partial charge in [0.05, 0.1) is 19.3 Å². The van der Waals surface area contributed by atoms with Gasteiger partial charge in [-0.25, -0.2) is 0 Å². The minimum Gasteiger partial charge on any atom is -0.495 e. The van der Waals surface area contributed by atoms with Crippen molar-refractivity contribution in [3.05, 3.63) is 24.3 Å². The molecule has 1 fully saturated rings. The first kappa shape index (κ1) is 18.8. The summed E-state index contributed by atoms with van der Waals surface area (Å²) in [6.45, 7) is 4.20. The summed E-state index contributed by atoms with van der Waals surface area (Å²) in [5, 5.41) is 2.41. The lowest BCUT2D eigenvalue weighted by Crippen LogP contribution is -2.51. The Bertz CT molecular complexity index is 625. The van der Waals surface area contributed by atoms with E-state index in [0.29, 0.717) is 32.6 Å². The standard InChI is InChI=1S/C18H25N3O4/c1-3-6-15(22)18(24)19-13-17(23)21-11-9-20(10-12-21)14-7-4-5-8-16(14)25-2/h4-5,7-8H,3,6,9-13H2,1-2H3,(H,19,24). The molecule has 0 aliphatic carbocycles. The molecular weight excluding hydrogens is 322 g/mol. The van der Waals surface area contributed by atoms with E-state index in [1.165, 1.54) is 0 Å². The first-order valence-electron chi connectivity index (χ1n) is 8.53. The Morgan fingerprint density at radius 3 is 2.44 bits per heavy atom. The predicted molar refractivity (Wildman–Crippen MR) is 94.7 cm³/mol. The minimum atomic E-state index is -0.678. The zero-order chi connectivity index (χ0) is 18.2. The number of hydrogen-bond donors (Lipinski definition) is 1. The zero-order valence-electron chi connectivity index (χ0n) is 14.8. The molecule has 1 aromatic rings. The van der Waals surface area contributed by atoms with Gasteiger partial charge in [0.1, 0.15) is 5.75 Å². The van der Waals surface area contributed by atoms with Crippen LogP contribution < -0.4 is 15.0 Å². The molecule has 0 atom stereocenters. The molecule has 7 heteroatoms. The maximum absolute atomic E-state index is 12.2. The van der Waals surface area contributed by atoms with Gasteiger partial charge in [-0.3, -0.25) is 14.4 Å². The van der Waals surface area contributed by atoms with E-state index in [-0.39, 0.29) is 18.9 Å². The second-order valence-corrected chi connectivity index (χ2v) is 5.90. The van der Waals surface area contributed by atoms with Crippen LogP contribution in [0.25, 0.3) is 0 Å². The van der Waals surface area contributed by atoms with Gasteiger partial charge in [0.15, 0.2) is 0 Å². The number of ether oxygens (including phenoxy) is 1. The van der Waals surface area contributed by atoms with E-state index in [0.717, 1.165) is 11.4 Å². The van der Waals surface area contributed by atoms with Crippen molar-refractivity contribution < 1.29 is 19.1 Å². The summed E-state index contributed by atoms with van der Waals surface area (Å²) < 4.78 is 5.38. The second kappa shape index (κ2) is 9.05. The topological polar surface area (TPSA) is 79.0 Å². The lowest BCUT2D eigenvalue weighted by Gasteiger charge is -2.36. The Balaban J connectivity index is 1.82. The number of nitrogens with zero attached hydrogens (tertiary/aromatic N) is 2. The average molecular weight is 347 g/mol. The van der Waals surface area contributed by atoms with Crippen molar-refractivity contribution in [2.75, 3.05) is 44.7 Å². The van der Waals surface area contributed by atoms with Gasteiger partial charge in [0.2, 0.25) is 11.7 Å². The number of piperazine rings is 1. The molecule has 1 aliphatic heterocycles. The molecule has 0 bridgehead atoms. The van der Waals surface area contributed by atoms with E-state index in [1.807, 2.05) is 31.2 Å². The third-order valence-electron chi connectivity index (χ3n) is 4.19. The molecule has 1 saturated heterocycles. The molecule has 1 aliphatic rings. The Kier molecular flexibility index (Phi) is 6.80. The Morgan fingerprint density at radius 2 is 1.80 bits per heavy atom. The lowest BCUT2D eigenvalue weighted by molar-refractivity contribution is -0.139. The van der Waals surface area contributed by atoms with Crippen LogP contribution in [0.4, 0.5) is 5.69 Å². The molecule has 0 aromatic heterocycles. The molecule has 0 unspecified atom stereocenters. The van der Waals surface area contributed by atoms with Crippen LogP contribution in [0.15, 0.2) is 24.3 Å². The van der Waals surface area contributed by atoms with Gasteiger partial charge in [0, 0.05) is 32.6 Å². The van der Waals surface area contributed by atoms with E-state index >= 15 is 0 Å². The normalized spacial score (nSPS) is 14.2. The van der Waals surface area contributed by atoms with E-state index < -0.39 is 11.7 Å². The van der Waals surface area contributed by atoms with Crippen LogP contribution in [0, 0.1) is 0 Å². The SMILES string of the molecule is CCCC(=O)C(=O)NCC(=O)N1CCN(c2ccccc2OC)CC1. The predicted octanol–water partition coefficient (Wildman–Crippen LogP) is 0.829. The van der Waals surface area contributed by atoms with Crippen molar-refractivity contribution in [1.29, 1.82) is 0 Å². The van der Waals surface area contributed by atoms with E-state index in [2.05, 4.69) is 10.2 Å². The van der Waals surface area contributed by atoms with Crippen LogP contribution in [0.2, 0.25) is 0 Å². The number of carbonyl (C=O) groups is 3. The van der Waals surface area contributed by atoms with Crippen LogP contribution in [0.3, 0.4) is 0 Å². The van der Waals surface area contributed by atoms with Crippen LogP contribution in [-0.4, -0.2) is 62.3 Å². The highest BCUT2D eigenvalue weighted by molar-refractivity contribution is 6.36. The van der Waals surface area contributed by atoms with Gasteiger partial charge >= 0.3 is 0 Å². The van der Waals surface area contributed by atoms with Gasteiger partial charge in [-0.2, -0.15) is 0 Å². The molecule has 1 N–H and O–H groups in total. The first-order valence-corrected chi connectivity index (χ1v) is 8.53. The third-order valence-corrected chi connectivity index (χ3v) is 4.19. The Morgan fingerprint density at radius 1 is 1.12 bits per heavy atom. The number of nitrogens with one attached hydrogen (secondary N) is 1. The lowest BCUT2D eigenvalue weighted by atomic mass is 10.2. The second-order valence-electron chi connectivity index (χ2n) is 5.90. The summed E-state index contributed by atoms with van der Waals surface area (Å²) in [5.41, 5.74) is 1.01. The van der Waals surface area contributed by atoms with Gasteiger partial charge in [-0.05, 0) is 18.6 Å². The number of amides is 2. The van der Waals surface area contributed by atoms with Gasteiger partial charge in [0.25, 0.3) is 5.91 Å². The molecule has 2 rings (SSSR count). The maximum atomic E-state index is 12.2. The maximum Gasteiger partial charge on any atom is 0.287 e. The molecule has 1 aromatic carbocycles. The van der Waals surface area contributed by atoms with Gasteiger partial charge in [-0.1, -0.05) is 19.1 Å². The fraction of sp³-hybridized carbons (Fsp3) is 0.500. The van der Waals surface area contributed by atoms with Gasteiger partial charge < -0.3 is 19.9 Å². The summed E-state index contributed by atoms with van der Waals surface area (Å²) >= 11 is 0. The quantitative estimate of drug-likeness (QED) is 0.739. The van der Waals surface area contributed by atoms with Crippen LogP contribution in [0.5, 0.6) is 5.75 Å². The molecular formula is C18H25N3O4. The van der Waals surface area contributed by atoms with Gasteiger partial charge in [-0.15, -0.1) is 0 Å². The number of Topliss-reactive ketones (excluding diaryl/α,β-unsaturated/α-hetero) is 1. The van der Waals surface area contributed by atoms with Crippen molar-refractivity contribution in [2.24, 2.45) is 0 Å². The first-order chi connectivity index (χ1) is 12.1. The molecule has 7 nitrogen and oxygen atoms in total. The summed E-state index contributed by atoms with van der Waals surface area (Å²) in [6, 6.07) is 7.79. The summed E-state index contributed by atoms with van der Waals surface area (Å²) in [6.07, 6.45) is 0.822. The summed E-state index contributed by atoms with van der Waals surface area (Å²) in [7, 11) is 1.64. The van der Waals surface area contributed by atoms with E-state index in [9.17, 15) is 14.4 Å². The van der Waals surface area contributed by atoms with Crippen molar-refractivity contribution in [1.82, 2.24) is 10.2 Å². The number of rotatable bonds is 7. The number of hydrogen-bond acceptors (Lipinski definition) is 5. The fourth-order valence-corrected chi connectivity index (χ4v) is 2.79. The molecule has 0 radical (unpaired) electrons. The van der Waals surface area contributed by atoms with Crippen molar-refractivity contribution in [3.8, 4) is 5.75 Å². The fourth-order valence-electron chi connectivity index (χ4n) is 2.79. The zero-order valence-corrected chi connectivity index (χ0v) is 14.8.